The molecule has 0 atom stereocenters. The first-order valence-corrected chi connectivity index (χ1v) is 10.8. The van der Waals surface area contributed by atoms with Gasteiger partial charge in [-0.3, -0.25) is 9.59 Å². The van der Waals surface area contributed by atoms with Crippen molar-refractivity contribution in [2.75, 3.05) is 27.2 Å². The summed E-state index contributed by atoms with van der Waals surface area (Å²) >= 11 is 0. The molecule has 0 unspecified atom stereocenters. The maximum atomic E-state index is 11.5. The molecule has 0 spiro atoms. The van der Waals surface area contributed by atoms with Gasteiger partial charge in [-0.2, -0.15) is 0 Å². The van der Waals surface area contributed by atoms with Crippen LogP contribution >= 0.6 is 0 Å². The van der Waals surface area contributed by atoms with Crippen LogP contribution in [0.25, 0.3) is 0 Å². The largest absolute Gasteiger partial charge is 0.391 e. The molecule has 2 amide bonds. The topological polar surface area (TPSA) is 82.3 Å². The predicted octanol–water partition coefficient (Wildman–Crippen LogP) is 3.37. The first kappa shape index (κ1) is 26.0. The molecular formula is C22H42N4O2. The highest BCUT2D eigenvalue weighted by Crippen LogP contribution is 2.10. The van der Waals surface area contributed by atoms with Gasteiger partial charge in [0, 0.05) is 50.7 Å². The molecule has 162 valence electrons. The van der Waals surface area contributed by atoms with Crippen molar-refractivity contribution >= 4 is 11.8 Å². The van der Waals surface area contributed by atoms with Crippen LogP contribution in [0.5, 0.6) is 0 Å². The second-order valence-corrected chi connectivity index (χ2v) is 7.27. The van der Waals surface area contributed by atoms with E-state index in [2.05, 4.69) is 21.3 Å². The van der Waals surface area contributed by atoms with E-state index in [-0.39, 0.29) is 11.8 Å². The van der Waals surface area contributed by atoms with E-state index < -0.39 is 0 Å². The highest BCUT2D eigenvalue weighted by atomic mass is 16.2. The maximum absolute atomic E-state index is 11.5. The summed E-state index contributed by atoms with van der Waals surface area (Å²) in [6.07, 6.45) is 15.3. The van der Waals surface area contributed by atoms with Crippen LogP contribution in [0.4, 0.5) is 0 Å². The monoisotopic (exact) mass is 394 g/mol. The Labute approximate surface area is 172 Å². The van der Waals surface area contributed by atoms with Gasteiger partial charge >= 0.3 is 0 Å². The van der Waals surface area contributed by atoms with E-state index in [0.717, 1.165) is 37.3 Å². The molecular weight excluding hydrogens is 352 g/mol. The van der Waals surface area contributed by atoms with E-state index in [4.69, 9.17) is 0 Å². The second kappa shape index (κ2) is 18.4. The van der Waals surface area contributed by atoms with Crippen molar-refractivity contribution in [2.24, 2.45) is 0 Å². The van der Waals surface area contributed by atoms with Crippen molar-refractivity contribution in [1.82, 2.24) is 21.3 Å². The first-order valence-electron chi connectivity index (χ1n) is 10.8. The Hall–Kier alpha value is -1.98. The van der Waals surface area contributed by atoms with Gasteiger partial charge in [-0.05, 0) is 26.7 Å². The average molecular weight is 395 g/mol. The van der Waals surface area contributed by atoms with Gasteiger partial charge in [-0.15, -0.1) is 0 Å². The molecule has 0 saturated heterocycles. The molecule has 6 heteroatoms. The van der Waals surface area contributed by atoms with Crippen LogP contribution in [0.1, 0.15) is 78.1 Å². The molecule has 0 saturated carbocycles. The maximum Gasteiger partial charge on any atom is 0.245 e. The van der Waals surface area contributed by atoms with E-state index in [1.807, 2.05) is 27.9 Å². The number of carbonyl (C=O) groups is 2. The van der Waals surface area contributed by atoms with E-state index in [9.17, 15) is 9.59 Å². The van der Waals surface area contributed by atoms with Gasteiger partial charge < -0.3 is 21.3 Å². The summed E-state index contributed by atoms with van der Waals surface area (Å²) in [6, 6.07) is 0. The minimum Gasteiger partial charge on any atom is -0.391 e. The molecule has 0 heterocycles. The molecule has 0 aliphatic heterocycles. The number of hydrogen-bond donors (Lipinski definition) is 4. The Morgan fingerprint density at radius 1 is 0.571 bits per heavy atom. The summed E-state index contributed by atoms with van der Waals surface area (Å²) < 4.78 is 0. The van der Waals surface area contributed by atoms with Crippen LogP contribution in [0.3, 0.4) is 0 Å². The molecule has 0 aromatic rings. The van der Waals surface area contributed by atoms with Gasteiger partial charge in [0.2, 0.25) is 11.8 Å². The van der Waals surface area contributed by atoms with Crippen molar-refractivity contribution in [2.45, 2.75) is 78.1 Å². The lowest BCUT2D eigenvalue weighted by atomic mass is 10.1. The molecule has 0 rings (SSSR count). The van der Waals surface area contributed by atoms with Crippen LogP contribution in [-0.2, 0) is 9.59 Å². The van der Waals surface area contributed by atoms with Gasteiger partial charge in [0.25, 0.3) is 0 Å². The number of unbranched alkanes of at least 4 members (excludes halogenated alkanes) is 9. The highest BCUT2D eigenvalue weighted by Gasteiger charge is 1.98. The van der Waals surface area contributed by atoms with Crippen molar-refractivity contribution in [3.05, 3.63) is 23.5 Å². The van der Waals surface area contributed by atoms with Crippen LogP contribution in [-0.4, -0.2) is 39.0 Å². The summed E-state index contributed by atoms with van der Waals surface area (Å²) in [7, 11) is 3.62. The third-order valence-corrected chi connectivity index (χ3v) is 4.69. The molecule has 0 aliphatic rings. The molecule has 0 aromatic carbocycles. The predicted molar refractivity (Wildman–Crippen MR) is 118 cm³/mol. The minimum absolute atomic E-state index is 0.0176. The van der Waals surface area contributed by atoms with Gasteiger partial charge in [0.15, 0.2) is 0 Å². The van der Waals surface area contributed by atoms with Crippen molar-refractivity contribution in [3.63, 3.8) is 0 Å². The molecule has 28 heavy (non-hydrogen) atoms. The zero-order valence-corrected chi connectivity index (χ0v) is 18.5. The number of rotatable bonds is 17. The summed E-state index contributed by atoms with van der Waals surface area (Å²) in [6.45, 7) is 5.27. The molecule has 0 radical (unpaired) electrons. The molecule has 4 N–H and O–H groups in total. The van der Waals surface area contributed by atoms with Crippen molar-refractivity contribution in [1.29, 1.82) is 0 Å². The summed E-state index contributed by atoms with van der Waals surface area (Å²) in [4.78, 5) is 23.1. The summed E-state index contributed by atoms with van der Waals surface area (Å²) in [5, 5.41) is 11.7. The molecule has 0 aliphatic carbocycles. The SMILES string of the molecule is CN/C(C)=C\C(=O)NCCCCCCCCCCCCNC(=O)/C=C(/C)NC. The Bertz CT molecular complexity index is 443. The standard InChI is InChI=1S/C22H42N4O2/c1-19(23-3)17-21(27)25-15-13-11-9-7-5-6-8-10-12-14-16-26-22(28)18-20(2)24-4/h17-18,23-24H,5-16H2,1-4H3,(H,25,27)(H,26,28)/b19-17-,20-18-. The lowest BCUT2D eigenvalue weighted by Gasteiger charge is -2.05. The number of carbonyl (C=O) groups excluding carboxylic acids is 2. The molecule has 0 bridgehead atoms. The third kappa shape index (κ3) is 17.4. The molecule has 0 fully saturated rings. The van der Waals surface area contributed by atoms with E-state index in [1.165, 1.54) is 51.4 Å². The van der Waals surface area contributed by atoms with Crippen molar-refractivity contribution in [3.8, 4) is 0 Å². The number of hydrogen-bond acceptors (Lipinski definition) is 4. The van der Waals surface area contributed by atoms with E-state index in [0.29, 0.717) is 0 Å². The van der Waals surface area contributed by atoms with Crippen molar-refractivity contribution < 1.29 is 9.59 Å². The Morgan fingerprint density at radius 2 is 0.857 bits per heavy atom. The van der Waals surface area contributed by atoms with Crippen LogP contribution in [0.2, 0.25) is 0 Å². The highest BCUT2D eigenvalue weighted by molar-refractivity contribution is 5.88. The zero-order chi connectivity index (χ0) is 21.0. The Kier molecular flexibility index (Phi) is 17.1. The lowest BCUT2D eigenvalue weighted by Crippen LogP contribution is -2.23. The van der Waals surface area contributed by atoms with Crippen LogP contribution < -0.4 is 21.3 Å². The van der Waals surface area contributed by atoms with Crippen LogP contribution in [0.15, 0.2) is 23.5 Å². The normalized spacial score (nSPS) is 11.9. The fraction of sp³-hybridized carbons (Fsp3) is 0.727. The number of allylic oxidation sites excluding steroid dienone is 2. The third-order valence-electron chi connectivity index (χ3n) is 4.69. The smallest absolute Gasteiger partial charge is 0.245 e. The summed E-state index contributed by atoms with van der Waals surface area (Å²) in [5.41, 5.74) is 1.75. The average Bonchev–Trinajstić information content (AvgIpc) is 2.67. The van der Waals surface area contributed by atoms with Gasteiger partial charge in [-0.25, -0.2) is 0 Å². The Morgan fingerprint density at radius 3 is 1.14 bits per heavy atom. The number of amides is 2. The fourth-order valence-electron chi connectivity index (χ4n) is 2.73. The first-order chi connectivity index (χ1) is 13.5. The lowest BCUT2D eigenvalue weighted by molar-refractivity contribution is -0.117. The quantitative estimate of drug-likeness (QED) is 0.225. The summed E-state index contributed by atoms with van der Waals surface area (Å²) in [5.74, 6) is -0.0353. The minimum atomic E-state index is -0.0176. The Balaban J connectivity index is 3.32. The molecule has 0 aromatic heterocycles. The van der Waals surface area contributed by atoms with E-state index in [1.54, 1.807) is 12.2 Å². The molecule has 6 nitrogen and oxygen atoms in total. The van der Waals surface area contributed by atoms with E-state index >= 15 is 0 Å². The second-order valence-electron chi connectivity index (χ2n) is 7.27. The zero-order valence-electron chi connectivity index (χ0n) is 18.5. The van der Waals surface area contributed by atoms with Gasteiger partial charge in [-0.1, -0.05) is 51.4 Å². The van der Waals surface area contributed by atoms with Gasteiger partial charge in [0.1, 0.15) is 0 Å². The van der Waals surface area contributed by atoms with Gasteiger partial charge in [0.05, 0.1) is 0 Å². The fourth-order valence-corrected chi connectivity index (χ4v) is 2.73. The van der Waals surface area contributed by atoms with Crippen LogP contribution in [0, 0.1) is 0 Å². The number of nitrogens with one attached hydrogen (secondary N) is 4.